The molecule has 1 heterocycles. The Hall–Kier alpha value is -3.56. The lowest BCUT2D eigenvalue weighted by atomic mass is 10.2. The van der Waals surface area contributed by atoms with Gasteiger partial charge in [0, 0.05) is 5.56 Å². The van der Waals surface area contributed by atoms with E-state index in [1.165, 1.54) is 24.3 Å². The average Bonchev–Trinajstić information content (AvgIpc) is 3.06. The number of rotatable bonds is 5. The second-order valence-corrected chi connectivity index (χ2v) is 5.97. The van der Waals surface area contributed by atoms with Crippen molar-refractivity contribution in [2.24, 2.45) is 0 Å². The highest BCUT2D eigenvalue weighted by Gasteiger charge is 2.38. The summed E-state index contributed by atoms with van der Waals surface area (Å²) in [5, 5.41) is 0. The number of carbonyl (C=O) groups is 2. The van der Waals surface area contributed by atoms with Crippen molar-refractivity contribution in [3.05, 3.63) is 59.9 Å². The Morgan fingerprint density at radius 2 is 1.76 bits per heavy atom. The van der Waals surface area contributed by atoms with Crippen LogP contribution in [0.4, 0.5) is 13.2 Å². The lowest BCUT2D eigenvalue weighted by molar-refractivity contribution is -0.147. The van der Waals surface area contributed by atoms with Crippen LogP contribution in [-0.4, -0.2) is 28.0 Å². The predicted octanol–water partition coefficient (Wildman–Crippen LogP) is 2.92. The van der Waals surface area contributed by atoms with Gasteiger partial charge in [-0.1, -0.05) is 12.1 Å². The number of aromatic nitrogens is 2. The smallest absolute Gasteiger partial charge is 0.449 e. The molecule has 0 aliphatic carbocycles. The first kappa shape index (κ1) is 20.2. The summed E-state index contributed by atoms with van der Waals surface area (Å²) in [5.41, 5.74) is 4.82. The second-order valence-electron chi connectivity index (χ2n) is 5.97. The number of ether oxygens (including phenoxy) is 1. The van der Waals surface area contributed by atoms with Crippen LogP contribution in [0, 0.1) is 0 Å². The first-order valence-electron chi connectivity index (χ1n) is 8.64. The summed E-state index contributed by atoms with van der Waals surface area (Å²) in [6.07, 6.45) is -4.73. The highest BCUT2D eigenvalue weighted by Crippen LogP contribution is 2.31. The summed E-state index contributed by atoms with van der Waals surface area (Å²) in [7, 11) is 0. The van der Waals surface area contributed by atoms with E-state index < -0.39 is 30.4 Å². The van der Waals surface area contributed by atoms with Gasteiger partial charge in [0.05, 0.1) is 17.6 Å². The highest BCUT2D eigenvalue weighted by molar-refractivity contribution is 5.95. The quantitative estimate of drug-likeness (QED) is 0.638. The molecule has 3 rings (SSSR count). The molecule has 2 amide bonds. The standard InChI is InChI=1S/C19H17F3N4O3/c1-2-29-13-9-7-12(8-10-13)17(28)25-24-16(27)11-26-15-6-4-3-5-14(15)23-18(26)19(20,21)22/h3-10H,2,11H2,1H3,(H,24,27)(H,25,28). The van der Waals surface area contributed by atoms with Crippen LogP contribution in [0.3, 0.4) is 0 Å². The van der Waals surface area contributed by atoms with Crippen molar-refractivity contribution in [3.63, 3.8) is 0 Å². The van der Waals surface area contributed by atoms with Crippen LogP contribution in [-0.2, 0) is 17.5 Å². The number of nitrogens with zero attached hydrogens (tertiary/aromatic N) is 2. The molecule has 10 heteroatoms. The van der Waals surface area contributed by atoms with Crippen molar-refractivity contribution in [2.45, 2.75) is 19.6 Å². The van der Waals surface area contributed by atoms with Crippen molar-refractivity contribution in [1.82, 2.24) is 20.4 Å². The Kier molecular flexibility index (Phi) is 5.71. The van der Waals surface area contributed by atoms with Crippen LogP contribution in [0.15, 0.2) is 48.5 Å². The van der Waals surface area contributed by atoms with Gasteiger partial charge in [-0.25, -0.2) is 4.98 Å². The van der Waals surface area contributed by atoms with E-state index in [9.17, 15) is 22.8 Å². The molecule has 2 aromatic carbocycles. The highest BCUT2D eigenvalue weighted by atomic mass is 19.4. The van der Waals surface area contributed by atoms with E-state index >= 15 is 0 Å². The molecule has 0 fully saturated rings. The van der Waals surface area contributed by atoms with E-state index in [1.807, 2.05) is 6.92 Å². The van der Waals surface area contributed by atoms with E-state index in [1.54, 1.807) is 24.3 Å². The number of hydrogen-bond acceptors (Lipinski definition) is 4. The minimum atomic E-state index is -4.73. The van der Waals surface area contributed by atoms with Crippen molar-refractivity contribution in [3.8, 4) is 5.75 Å². The number of para-hydroxylation sites is 2. The zero-order valence-corrected chi connectivity index (χ0v) is 15.3. The molecule has 0 unspecified atom stereocenters. The van der Waals surface area contributed by atoms with Crippen LogP contribution in [0.25, 0.3) is 11.0 Å². The number of alkyl halides is 3. The van der Waals surface area contributed by atoms with Crippen LogP contribution in [0.2, 0.25) is 0 Å². The molecule has 0 saturated heterocycles. The summed E-state index contributed by atoms with van der Waals surface area (Å²) < 4.78 is 45.8. The molecule has 1 aromatic heterocycles. The minimum absolute atomic E-state index is 0.117. The van der Waals surface area contributed by atoms with Crippen molar-refractivity contribution < 1.29 is 27.5 Å². The van der Waals surface area contributed by atoms with Crippen LogP contribution < -0.4 is 15.6 Å². The Balaban J connectivity index is 1.69. The molecule has 29 heavy (non-hydrogen) atoms. The Morgan fingerprint density at radius 1 is 1.07 bits per heavy atom. The fourth-order valence-electron chi connectivity index (χ4n) is 2.70. The van der Waals surface area contributed by atoms with E-state index in [0.717, 1.165) is 4.57 Å². The third kappa shape index (κ3) is 4.65. The number of halogens is 3. The molecule has 7 nitrogen and oxygen atoms in total. The van der Waals surface area contributed by atoms with Gasteiger partial charge in [0.25, 0.3) is 11.8 Å². The average molecular weight is 406 g/mol. The maximum absolute atomic E-state index is 13.3. The van der Waals surface area contributed by atoms with Gasteiger partial charge in [-0.05, 0) is 43.3 Å². The van der Waals surface area contributed by atoms with E-state index in [0.29, 0.717) is 12.4 Å². The summed E-state index contributed by atoms with van der Waals surface area (Å²) in [6, 6.07) is 12.1. The molecular weight excluding hydrogens is 389 g/mol. The zero-order chi connectivity index (χ0) is 21.0. The molecule has 0 radical (unpaired) electrons. The van der Waals surface area contributed by atoms with Crippen molar-refractivity contribution in [1.29, 1.82) is 0 Å². The summed E-state index contributed by atoms with van der Waals surface area (Å²) >= 11 is 0. The van der Waals surface area contributed by atoms with Crippen LogP contribution in [0.5, 0.6) is 5.75 Å². The zero-order valence-electron chi connectivity index (χ0n) is 15.3. The van der Waals surface area contributed by atoms with Gasteiger partial charge in [-0.3, -0.25) is 20.4 Å². The summed E-state index contributed by atoms with van der Waals surface area (Å²) in [4.78, 5) is 27.8. The number of nitrogens with one attached hydrogen (secondary N) is 2. The Morgan fingerprint density at radius 3 is 2.41 bits per heavy atom. The predicted molar refractivity (Wildman–Crippen MR) is 98.0 cm³/mol. The lowest BCUT2D eigenvalue weighted by Crippen LogP contribution is -2.43. The monoisotopic (exact) mass is 406 g/mol. The van der Waals surface area contributed by atoms with Gasteiger partial charge in [0.15, 0.2) is 0 Å². The molecule has 2 N–H and O–H groups in total. The number of hydrazine groups is 1. The first-order chi connectivity index (χ1) is 13.8. The van der Waals surface area contributed by atoms with E-state index in [2.05, 4.69) is 15.8 Å². The minimum Gasteiger partial charge on any atom is -0.494 e. The van der Waals surface area contributed by atoms with Gasteiger partial charge in [-0.15, -0.1) is 0 Å². The first-order valence-corrected chi connectivity index (χ1v) is 8.64. The molecular formula is C19H17F3N4O3. The maximum atomic E-state index is 13.3. The number of fused-ring (bicyclic) bond motifs is 1. The maximum Gasteiger partial charge on any atom is 0.449 e. The summed E-state index contributed by atoms with van der Waals surface area (Å²) in [6.45, 7) is 1.63. The van der Waals surface area contributed by atoms with E-state index in [-0.39, 0.29) is 16.6 Å². The van der Waals surface area contributed by atoms with Gasteiger partial charge in [-0.2, -0.15) is 13.2 Å². The number of carbonyl (C=O) groups excluding carboxylic acids is 2. The molecule has 152 valence electrons. The number of imidazole rings is 1. The molecule has 3 aromatic rings. The summed E-state index contributed by atoms with van der Waals surface area (Å²) in [5.74, 6) is -2.06. The van der Waals surface area contributed by atoms with Crippen molar-refractivity contribution >= 4 is 22.8 Å². The van der Waals surface area contributed by atoms with Gasteiger partial charge in [0.1, 0.15) is 12.3 Å². The number of benzene rings is 2. The molecule has 0 spiro atoms. The molecule has 0 atom stereocenters. The number of hydrogen-bond donors (Lipinski definition) is 2. The van der Waals surface area contributed by atoms with Crippen LogP contribution >= 0.6 is 0 Å². The van der Waals surface area contributed by atoms with Crippen molar-refractivity contribution in [2.75, 3.05) is 6.61 Å². The number of amides is 2. The SMILES string of the molecule is CCOc1ccc(C(=O)NNC(=O)Cn2c(C(F)(F)F)nc3ccccc32)cc1. The molecule has 0 bridgehead atoms. The van der Waals surface area contributed by atoms with Gasteiger partial charge >= 0.3 is 6.18 Å². The normalized spacial score (nSPS) is 11.3. The lowest BCUT2D eigenvalue weighted by Gasteiger charge is -2.12. The molecule has 0 aliphatic heterocycles. The molecule has 0 saturated carbocycles. The van der Waals surface area contributed by atoms with Crippen LogP contribution in [0.1, 0.15) is 23.1 Å². The van der Waals surface area contributed by atoms with E-state index in [4.69, 9.17) is 4.74 Å². The molecule has 0 aliphatic rings. The topological polar surface area (TPSA) is 85.3 Å². The van der Waals surface area contributed by atoms with Gasteiger partial charge in [0.2, 0.25) is 5.82 Å². The second kappa shape index (κ2) is 8.21. The fourth-order valence-corrected chi connectivity index (χ4v) is 2.70. The van der Waals surface area contributed by atoms with Gasteiger partial charge < -0.3 is 9.30 Å². The Labute approximate surface area is 163 Å². The third-order valence-corrected chi connectivity index (χ3v) is 3.95. The Bertz CT molecular complexity index is 1030. The largest absolute Gasteiger partial charge is 0.494 e. The third-order valence-electron chi connectivity index (χ3n) is 3.95. The fraction of sp³-hybridized carbons (Fsp3) is 0.211.